The third kappa shape index (κ3) is 1.60. The van der Waals surface area contributed by atoms with Crippen LogP contribution in [0.15, 0.2) is 11.3 Å². The van der Waals surface area contributed by atoms with Crippen LogP contribution < -0.4 is 0 Å². The maximum Gasteiger partial charge on any atom is 0.201 e. The fraction of sp³-hybridized carbons (Fsp3) is 0.769. The van der Waals surface area contributed by atoms with Crippen molar-refractivity contribution in [2.45, 2.75) is 39.5 Å². The van der Waals surface area contributed by atoms with Gasteiger partial charge in [-0.15, -0.1) is 0 Å². The normalized spacial score (nSPS) is 31.1. The van der Waals surface area contributed by atoms with Gasteiger partial charge in [-0.25, -0.2) is 0 Å². The SMILES string of the molecule is COC1=C2CCCC[C@H]2[C@@H](C(C)C)C1=O. The van der Waals surface area contributed by atoms with Gasteiger partial charge in [-0.3, -0.25) is 4.79 Å². The summed E-state index contributed by atoms with van der Waals surface area (Å²) in [5.74, 6) is 2.06. The van der Waals surface area contributed by atoms with Gasteiger partial charge in [0.2, 0.25) is 5.78 Å². The second-order valence-corrected chi connectivity index (χ2v) is 5.04. The van der Waals surface area contributed by atoms with Gasteiger partial charge in [0, 0.05) is 5.92 Å². The highest BCUT2D eigenvalue weighted by Crippen LogP contribution is 2.46. The molecule has 0 aliphatic heterocycles. The minimum atomic E-state index is 0.190. The van der Waals surface area contributed by atoms with Gasteiger partial charge in [0.05, 0.1) is 7.11 Å². The summed E-state index contributed by atoms with van der Waals surface area (Å²) in [5.41, 5.74) is 1.31. The van der Waals surface area contributed by atoms with Crippen molar-refractivity contribution in [2.24, 2.45) is 17.8 Å². The van der Waals surface area contributed by atoms with Crippen LogP contribution in [0, 0.1) is 17.8 Å². The molecular formula is C13H20O2. The van der Waals surface area contributed by atoms with Crippen LogP contribution in [0.2, 0.25) is 0 Å². The summed E-state index contributed by atoms with van der Waals surface area (Å²) in [6.07, 6.45) is 4.73. The summed E-state index contributed by atoms with van der Waals surface area (Å²) in [7, 11) is 1.63. The van der Waals surface area contributed by atoms with Crippen molar-refractivity contribution in [1.82, 2.24) is 0 Å². The molecule has 2 aliphatic rings. The molecule has 0 aromatic carbocycles. The van der Waals surface area contributed by atoms with Gasteiger partial charge in [-0.05, 0) is 36.7 Å². The van der Waals surface area contributed by atoms with Crippen LogP contribution in [0.3, 0.4) is 0 Å². The van der Waals surface area contributed by atoms with Crippen LogP contribution in [0.4, 0.5) is 0 Å². The van der Waals surface area contributed by atoms with Crippen molar-refractivity contribution < 1.29 is 9.53 Å². The lowest BCUT2D eigenvalue weighted by atomic mass is 9.76. The number of carbonyl (C=O) groups is 1. The average Bonchev–Trinajstić information content (AvgIpc) is 2.49. The molecule has 0 saturated heterocycles. The Hall–Kier alpha value is -0.790. The van der Waals surface area contributed by atoms with Crippen LogP contribution in [0.5, 0.6) is 0 Å². The first-order valence-corrected chi connectivity index (χ1v) is 5.98. The Labute approximate surface area is 91.7 Å². The van der Waals surface area contributed by atoms with E-state index in [1.165, 1.54) is 24.8 Å². The third-order valence-corrected chi connectivity index (χ3v) is 3.83. The molecule has 84 valence electrons. The third-order valence-electron chi connectivity index (χ3n) is 3.83. The number of fused-ring (bicyclic) bond motifs is 1. The molecule has 15 heavy (non-hydrogen) atoms. The summed E-state index contributed by atoms with van der Waals surface area (Å²) in [4.78, 5) is 12.2. The quantitative estimate of drug-likeness (QED) is 0.697. The first-order valence-electron chi connectivity index (χ1n) is 5.98. The van der Waals surface area contributed by atoms with Crippen molar-refractivity contribution >= 4 is 5.78 Å². The Balaban J connectivity index is 2.33. The maximum atomic E-state index is 12.2. The molecular weight excluding hydrogens is 188 g/mol. The molecule has 1 fully saturated rings. The largest absolute Gasteiger partial charge is 0.493 e. The second-order valence-electron chi connectivity index (χ2n) is 5.04. The molecule has 0 heterocycles. The minimum absolute atomic E-state index is 0.190. The molecule has 1 saturated carbocycles. The number of ether oxygens (including phenoxy) is 1. The molecule has 2 nitrogen and oxygen atoms in total. The highest BCUT2D eigenvalue weighted by atomic mass is 16.5. The van der Waals surface area contributed by atoms with E-state index in [4.69, 9.17) is 4.74 Å². The molecule has 2 heteroatoms. The Morgan fingerprint density at radius 2 is 2.07 bits per heavy atom. The Bertz CT molecular complexity index is 302. The monoisotopic (exact) mass is 208 g/mol. The van der Waals surface area contributed by atoms with Crippen LogP contribution >= 0.6 is 0 Å². The van der Waals surface area contributed by atoms with E-state index in [1.807, 2.05) is 0 Å². The number of hydrogen-bond acceptors (Lipinski definition) is 2. The zero-order chi connectivity index (χ0) is 11.0. The minimum Gasteiger partial charge on any atom is -0.493 e. The molecule has 0 N–H and O–H groups in total. The van der Waals surface area contributed by atoms with Crippen molar-refractivity contribution in [2.75, 3.05) is 7.11 Å². The molecule has 2 aliphatic carbocycles. The zero-order valence-corrected chi connectivity index (χ0v) is 9.88. The highest BCUT2D eigenvalue weighted by molar-refractivity contribution is 5.99. The van der Waals surface area contributed by atoms with E-state index in [-0.39, 0.29) is 11.7 Å². The lowest BCUT2D eigenvalue weighted by Crippen LogP contribution is -2.25. The summed E-state index contributed by atoms with van der Waals surface area (Å²) >= 11 is 0. The maximum absolute atomic E-state index is 12.2. The number of hydrogen-bond donors (Lipinski definition) is 0. The number of carbonyl (C=O) groups excluding carboxylic acids is 1. The molecule has 0 amide bonds. The topological polar surface area (TPSA) is 26.3 Å². The molecule has 0 bridgehead atoms. The van der Waals surface area contributed by atoms with Crippen molar-refractivity contribution in [3.05, 3.63) is 11.3 Å². The van der Waals surface area contributed by atoms with E-state index < -0.39 is 0 Å². The number of Topliss-reactive ketones (excluding diaryl/α,β-unsaturated/α-hetero) is 1. The van der Waals surface area contributed by atoms with Gasteiger partial charge in [0.25, 0.3) is 0 Å². The number of allylic oxidation sites excluding steroid dienone is 2. The van der Waals surface area contributed by atoms with Crippen LogP contribution in [-0.2, 0) is 9.53 Å². The second kappa shape index (κ2) is 3.99. The van der Waals surface area contributed by atoms with E-state index in [0.29, 0.717) is 17.6 Å². The molecule has 0 spiro atoms. The standard InChI is InChI=1S/C13H20O2/c1-8(2)11-9-6-4-5-7-10(9)13(15-3)12(11)14/h8-9,11H,4-7H2,1-3H3/t9-,11-/m1/s1. The van der Waals surface area contributed by atoms with E-state index in [1.54, 1.807) is 7.11 Å². The first-order chi connectivity index (χ1) is 7.16. The Morgan fingerprint density at radius 1 is 1.33 bits per heavy atom. The van der Waals surface area contributed by atoms with Crippen molar-refractivity contribution in [3.63, 3.8) is 0 Å². The van der Waals surface area contributed by atoms with E-state index in [0.717, 1.165) is 6.42 Å². The van der Waals surface area contributed by atoms with E-state index in [9.17, 15) is 4.79 Å². The fourth-order valence-corrected chi connectivity index (χ4v) is 3.21. The number of rotatable bonds is 2. The lowest BCUT2D eigenvalue weighted by Gasteiger charge is -2.27. The average molecular weight is 208 g/mol. The van der Waals surface area contributed by atoms with Gasteiger partial charge >= 0.3 is 0 Å². The molecule has 0 unspecified atom stereocenters. The molecule has 0 radical (unpaired) electrons. The van der Waals surface area contributed by atoms with Crippen molar-refractivity contribution in [1.29, 1.82) is 0 Å². The fourth-order valence-electron chi connectivity index (χ4n) is 3.21. The van der Waals surface area contributed by atoms with Crippen LogP contribution in [-0.4, -0.2) is 12.9 Å². The van der Waals surface area contributed by atoms with Gasteiger partial charge in [-0.1, -0.05) is 20.3 Å². The molecule has 2 atom stereocenters. The van der Waals surface area contributed by atoms with Crippen LogP contribution in [0.25, 0.3) is 0 Å². The molecule has 0 aromatic heterocycles. The summed E-state index contributed by atoms with van der Waals surface area (Å²) in [6, 6.07) is 0. The first kappa shape index (κ1) is 10.7. The summed E-state index contributed by atoms with van der Waals surface area (Å²) in [6.45, 7) is 4.29. The highest BCUT2D eigenvalue weighted by Gasteiger charge is 2.44. The van der Waals surface area contributed by atoms with E-state index in [2.05, 4.69) is 13.8 Å². The van der Waals surface area contributed by atoms with Gasteiger partial charge < -0.3 is 4.74 Å². The van der Waals surface area contributed by atoms with Gasteiger partial charge in [0.15, 0.2) is 5.76 Å². The van der Waals surface area contributed by atoms with Crippen molar-refractivity contribution in [3.8, 4) is 0 Å². The Morgan fingerprint density at radius 3 is 2.67 bits per heavy atom. The zero-order valence-electron chi connectivity index (χ0n) is 9.88. The predicted octanol–water partition coefficient (Wildman–Crippen LogP) is 2.93. The van der Waals surface area contributed by atoms with Gasteiger partial charge in [-0.2, -0.15) is 0 Å². The number of methoxy groups -OCH3 is 1. The molecule has 2 rings (SSSR count). The smallest absolute Gasteiger partial charge is 0.201 e. The lowest BCUT2D eigenvalue weighted by molar-refractivity contribution is -0.123. The van der Waals surface area contributed by atoms with Gasteiger partial charge in [0.1, 0.15) is 0 Å². The predicted molar refractivity (Wildman–Crippen MR) is 59.3 cm³/mol. The molecule has 0 aromatic rings. The summed E-state index contributed by atoms with van der Waals surface area (Å²) < 4.78 is 5.30. The summed E-state index contributed by atoms with van der Waals surface area (Å²) in [5, 5.41) is 0. The van der Waals surface area contributed by atoms with E-state index >= 15 is 0 Å². The Kier molecular flexibility index (Phi) is 2.85. The van der Waals surface area contributed by atoms with Crippen LogP contribution in [0.1, 0.15) is 39.5 Å². The number of ketones is 1.